The summed E-state index contributed by atoms with van der Waals surface area (Å²) in [5, 5.41) is 0. The lowest BCUT2D eigenvalue weighted by Crippen LogP contribution is -2.49. The molecule has 0 aromatic heterocycles. The summed E-state index contributed by atoms with van der Waals surface area (Å²) in [6, 6.07) is 9.35. The Kier molecular flexibility index (Phi) is 3.73. The van der Waals surface area contributed by atoms with Crippen LogP contribution in [0.3, 0.4) is 0 Å². The van der Waals surface area contributed by atoms with Gasteiger partial charge in [0.1, 0.15) is 5.72 Å². The zero-order valence-corrected chi connectivity index (χ0v) is 13.2. The Morgan fingerprint density at radius 3 is 2.68 bits per heavy atom. The number of alkyl halides is 1. The molecular weight excluding hydrogens is 285 g/mol. The number of ether oxygens (including phenoxy) is 2. The van der Waals surface area contributed by atoms with Crippen LogP contribution in [-0.4, -0.2) is 41.5 Å². The molecule has 2 fully saturated rings. The molecule has 5 heteroatoms. The Bertz CT molecular complexity index is 562. The summed E-state index contributed by atoms with van der Waals surface area (Å²) in [5.41, 5.74) is -1.75. The van der Waals surface area contributed by atoms with Crippen LogP contribution in [0.25, 0.3) is 0 Å². The van der Waals surface area contributed by atoms with Gasteiger partial charge in [-0.05, 0) is 19.4 Å². The van der Waals surface area contributed by atoms with Gasteiger partial charge >= 0.3 is 0 Å². The molecule has 2 saturated heterocycles. The van der Waals surface area contributed by atoms with Crippen LogP contribution in [-0.2, 0) is 20.9 Å². The maximum atomic E-state index is 15.3. The number of halogens is 1. The van der Waals surface area contributed by atoms with Gasteiger partial charge in [-0.25, -0.2) is 4.39 Å². The SMILES string of the molecule is CC1C2COC(C)(C)N2C(=O)C1(F)COCc1ccccc1. The molecule has 0 radical (unpaired) electrons. The zero-order valence-electron chi connectivity index (χ0n) is 13.2. The summed E-state index contributed by atoms with van der Waals surface area (Å²) in [6.07, 6.45) is 0. The monoisotopic (exact) mass is 307 g/mol. The van der Waals surface area contributed by atoms with E-state index in [4.69, 9.17) is 9.47 Å². The smallest absolute Gasteiger partial charge is 0.265 e. The average molecular weight is 307 g/mol. The normalized spacial score (nSPS) is 33.3. The standard InChI is InChI=1S/C17H22FNO3/c1-12-14-10-22-16(2,3)19(14)15(20)17(12,18)11-21-9-13-7-5-4-6-8-13/h4-8,12,14H,9-11H2,1-3H3. The van der Waals surface area contributed by atoms with Crippen molar-refractivity contribution >= 4 is 5.91 Å². The van der Waals surface area contributed by atoms with Gasteiger partial charge in [0.15, 0.2) is 0 Å². The van der Waals surface area contributed by atoms with Gasteiger partial charge in [0.2, 0.25) is 5.67 Å². The van der Waals surface area contributed by atoms with Crippen LogP contribution in [0, 0.1) is 5.92 Å². The number of hydrogen-bond donors (Lipinski definition) is 0. The van der Waals surface area contributed by atoms with Crippen molar-refractivity contribution in [3.8, 4) is 0 Å². The van der Waals surface area contributed by atoms with Crippen LogP contribution in [0.2, 0.25) is 0 Å². The van der Waals surface area contributed by atoms with Gasteiger partial charge in [0.25, 0.3) is 5.91 Å². The third kappa shape index (κ3) is 2.32. The highest BCUT2D eigenvalue weighted by atomic mass is 19.1. The zero-order chi connectivity index (χ0) is 16.0. The fourth-order valence-electron chi connectivity index (χ4n) is 3.38. The van der Waals surface area contributed by atoms with Gasteiger partial charge in [-0.3, -0.25) is 4.79 Å². The van der Waals surface area contributed by atoms with Crippen molar-refractivity contribution in [3.05, 3.63) is 35.9 Å². The summed E-state index contributed by atoms with van der Waals surface area (Å²) in [5.74, 6) is -0.960. The summed E-state index contributed by atoms with van der Waals surface area (Å²) in [4.78, 5) is 14.1. The van der Waals surface area contributed by atoms with Crippen LogP contribution in [0.15, 0.2) is 30.3 Å². The molecule has 1 amide bonds. The minimum atomic E-state index is -1.97. The first kappa shape index (κ1) is 15.4. The van der Waals surface area contributed by atoms with Crippen LogP contribution in [0.5, 0.6) is 0 Å². The van der Waals surface area contributed by atoms with Crippen molar-refractivity contribution in [1.82, 2.24) is 4.90 Å². The quantitative estimate of drug-likeness (QED) is 0.858. The number of rotatable bonds is 4. The summed E-state index contributed by atoms with van der Waals surface area (Å²) in [6.45, 7) is 5.83. The van der Waals surface area contributed by atoms with Crippen LogP contribution >= 0.6 is 0 Å². The maximum Gasteiger partial charge on any atom is 0.265 e. The minimum Gasteiger partial charge on any atom is -0.373 e. The summed E-state index contributed by atoms with van der Waals surface area (Å²) < 4.78 is 26.4. The van der Waals surface area contributed by atoms with E-state index in [9.17, 15) is 4.79 Å². The topological polar surface area (TPSA) is 38.8 Å². The van der Waals surface area contributed by atoms with Crippen molar-refractivity contribution in [2.45, 2.75) is 44.8 Å². The van der Waals surface area contributed by atoms with E-state index in [2.05, 4.69) is 0 Å². The van der Waals surface area contributed by atoms with Crippen molar-refractivity contribution in [2.24, 2.45) is 5.92 Å². The molecule has 0 bridgehead atoms. The number of benzene rings is 1. The van der Waals surface area contributed by atoms with Crippen molar-refractivity contribution in [3.63, 3.8) is 0 Å². The molecule has 1 aromatic rings. The molecule has 120 valence electrons. The fourth-order valence-corrected chi connectivity index (χ4v) is 3.38. The molecule has 3 rings (SSSR count). The molecule has 3 unspecified atom stereocenters. The molecule has 0 aliphatic carbocycles. The third-order valence-electron chi connectivity index (χ3n) is 4.82. The lowest BCUT2D eigenvalue weighted by atomic mass is 9.90. The van der Waals surface area contributed by atoms with Crippen molar-refractivity contribution < 1.29 is 18.7 Å². The Hall–Kier alpha value is -1.46. The van der Waals surface area contributed by atoms with E-state index >= 15 is 4.39 Å². The first-order valence-electron chi connectivity index (χ1n) is 7.64. The number of hydrogen-bond acceptors (Lipinski definition) is 3. The number of amides is 1. The second-order valence-corrected chi connectivity index (χ2v) is 6.63. The Morgan fingerprint density at radius 2 is 2.05 bits per heavy atom. The highest BCUT2D eigenvalue weighted by Gasteiger charge is 2.64. The number of fused-ring (bicyclic) bond motifs is 1. The Morgan fingerprint density at radius 1 is 1.36 bits per heavy atom. The van der Waals surface area contributed by atoms with E-state index in [0.717, 1.165) is 5.56 Å². The average Bonchev–Trinajstić information content (AvgIpc) is 2.90. The lowest BCUT2D eigenvalue weighted by Gasteiger charge is -2.30. The second-order valence-electron chi connectivity index (χ2n) is 6.63. The highest BCUT2D eigenvalue weighted by Crippen LogP contribution is 2.45. The van der Waals surface area contributed by atoms with Gasteiger partial charge in [-0.2, -0.15) is 0 Å². The minimum absolute atomic E-state index is 0.215. The number of carbonyl (C=O) groups excluding carboxylic acids is 1. The molecule has 4 nitrogen and oxygen atoms in total. The van der Waals surface area contributed by atoms with Gasteiger partial charge in [-0.15, -0.1) is 0 Å². The van der Waals surface area contributed by atoms with Crippen molar-refractivity contribution in [1.29, 1.82) is 0 Å². The van der Waals surface area contributed by atoms with Gasteiger partial charge in [-0.1, -0.05) is 37.3 Å². The fraction of sp³-hybridized carbons (Fsp3) is 0.588. The first-order valence-corrected chi connectivity index (χ1v) is 7.64. The summed E-state index contributed by atoms with van der Waals surface area (Å²) >= 11 is 0. The molecule has 2 aliphatic rings. The molecule has 3 atom stereocenters. The largest absolute Gasteiger partial charge is 0.373 e. The molecule has 2 aliphatic heterocycles. The van der Waals surface area contributed by atoms with Crippen LogP contribution in [0.1, 0.15) is 26.3 Å². The molecule has 2 heterocycles. The molecule has 0 N–H and O–H groups in total. The van der Waals surface area contributed by atoms with E-state index in [1.165, 1.54) is 0 Å². The van der Waals surface area contributed by atoms with E-state index < -0.39 is 23.2 Å². The van der Waals surface area contributed by atoms with Crippen molar-refractivity contribution in [2.75, 3.05) is 13.2 Å². The highest BCUT2D eigenvalue weighted by molar-refractivity contribution is 5.89. The van der Waals surface area contributed by atoms with E-state index in [0.29, 0.717) is 13.2 Å². The lowest BCUT2D eigenvalue weighted by molar-refractivity contribution is -0.156. The van der Waals surface area contributed by atoms with Crippen LogP contribution in [0.4, 0.5) is 4.39 Å². The van der Waals surface area contributed by atoms with Gasteiger partial charge in [0.05, 0.1) is 25.9 Å². The molecule has 1 aromatic carbocycles. The molecule has 22 heavy (non-hydrogen) atoms. The Labute approximate surface area is 130 Å². The molecular formula is C17H22FNO3. The third-order valence-corrected chi connectivity index (χ3v) is 4.82. The van der Waals surface area contributed by atoms with E-state index in [1.807, 2.05) is 30.3 Å². The second kappa shape index (κ2) is 5.32. The first-order chi connectivity index (χ1) is 10.4. The van der Waals surface area contributed by atoms with Gasteiger partial charge in [0, 0.05) is 5.92 Å². The van der Waals surface area contributed by atoms with E-state index in [1.54, 1.807) is 25.7 Å². The van der Waals surface area contributed by atoms with Gasteiger partial charge < -0.3 is 14.4 Å². The van der Waals surface area contributed by atoms with Crippen LogP contribution < -0.4 is 0 Å². The molecule has 0 saturated carbocycles. The summed E-state index contributed by atoms with van der Waals surface area (Å²) in [7, 11) is 0. The molecule has 0 spiro atoms. The number of nitrogens with zero attached hydrogens (tertiary/aromatic N) is 1. The predicted molar refractivity (Wildman–Crippen MR) is 79.8 cm³/mol. The Balaban J connectivity index is 1.69. The number of carbonyl (C=O) groups is 1. The maximum absolute atomic E-state index is 15.3. The predicted octanol–water partition coefficient (Wildman–Crippen LogP) is 2.52. The van der Waals surface area contributed by atoms with E-state index in [-0.39, 0.29) is 12.6 Å².